The molecule has 0 aliphatic carbocycles. The summed E-state index contributed by atoms with van der Waals surface area (Å²) in [6.07, 6.45) is -0.309. The minimum atomic E-state index is -0.309. The Morgan fingerprint density at radius 3 is 2.46 bits per heavy atom. The number of para-hydroxylation sites is 1. The molecule has 1 unspecified atom stereocenters. The summed E-state index contributed by atoms with van der Waals surface area (Å²) in [5, 5.41) is 11.6. The maximum absolute atomic E-state index is 12.7. The largest absolute Gasteiger partial charge is 0.330 e. The number of aromatic nitrogens is 3. The van der Waals surface area contributed by atoms with Crippen molar-refractivity contribution in [2.75, 3.05) is 0 Å². The second-order valence-electron chi connectivity index (χ2n) is 6.77. The number of nitrogens with zero attached hydrogens (tertiary/aromatic N) is 3. The van der Waals surface area contributed by atoms with E-state index in [9.17, 15) is 4.79 Å². The van der Waals surface area contributed by atoms with Crippen molar-refractivity contribution >= 4 is 39.5 Å². The van der Waals surface area contributed by atoms with Gasteiger partial charge in [-0.05, 0) is 59.0 Å². The van der Waals surface area contributed by atoms with E-state index in [0.717, 1.165) is 14.6 Å². The highest BCUT2D eigenvalue weighted by molar-refractivity contribution is 14.1. The monoisotopic (exact) mass is 434 g/mol. The molecular weight excluding hydrogens is 415 g/mol. The number of halogens is 1. The molecule has 124 valence electrons. The van der Waals surface area contributed by atoms with Gasteiger partial charge in [-0.15, -0.1) is 5.10 Å². The molecule has 5 nitrogen and oxygen atoms in total. The average molecular weight is 434 g/mol. The highest BCUT2D eigenvalue weighted by Crippen LogP contribution is 2.30. The van der Waals surface area contributed by atoms with Crippen molar-refractivity contribution in [3.05, 3.63) is 57.7 Å². The van der Waals surface area contributed by atoms with E-state index >= 15 is 0 Å². The Labute approximate surface area is 154 Å². The number of amides is 1. The second kappa shape index (κ2) is 6.51. The first kappa shape index (κ1) is 16.9. The number of fused-ring (bicyclic) bond motifs is 1. The summed E-state index contributed by atoms with van der Waals surface area (Å²) in [5.41, 5.74) is 2.12. The van der Waals surface area contributed by atoms with Gasteiger partial charge in [-0.2, -0.15) is 0 Å². The van der Waals surface area contributed by atoms with E-state index in [4.69, 9.17) is 0 Å². The van der Waals surface area contributed by atoms with Crippen LogP contribution in [0.25, 0.3) is 11.0 Å². The molecule has 0 saturated carbocycles. The Morgan fingerprint density at radius 1 is 1.12 bits per heavy atom. The van der Waals surface area contributed by atoms with Crippen LogP contribution < -0.4 is 5.32 Å². The van der Waals surface area contributed by atoms with E-state index in [1.54, 1.807) is 4.68 Å². The summed E-state index contributed by atoms with van der Waals surface area (Å²) >= 11 is 2.22. The van der Waals surface area contributed by atoms with Gasteiger partial charge in [0.2, 0.25) is 0 Å². The van der Waals surface area contributed by atoms with Crippen LogP contribution in [0.4, 0.5) is 0 Å². The molecule has 2 aromatic carbocycles. The molecule has 1 aromatic heterocycles. The van der Waals surface area contributed by atoms with Crippen molar-refractivity contribution in [2.45, 2.75) is 26.9 Å². The van der Waals surface area contributed by atoms with Gasteiger partial charge >= 0.3 is 0 Å². The topological polar surface area (TPSA) is 59.8 Å². The number of hydrogen-bond acceptors (Lipinski definition) is 3. The molecule has 0 aliphatic rings. The average Bonchev–Trinajstić information content (AvgIpc) is 2.95. The maximum Gasteiger partial charge on any atom is 0.252 e. The van der Waals surface area contributed by atoms with Crippen LogP contribution in [0.5, 0.6) is 0 Å². The Balaban J connectivity index is 1.96. The Hall–Kier alpha value is -1.96. The van der Waals surface area contributed by atoms with E-state index in [2.05, 4.69) is 59.0 Å². The van der Waals surface area contributed by atoms with Gasteiger partial charge in [-0.25, -0.2) is 4.68 Å². The van der Waals surface area contributed by atoms with Gasteiger partial charge in [0.15, 0.2) is 0 Å². The van der Waals surface area contributed by atoms with Crippen LogP contribution in [0.1, 0.15) is 37.3 Å². The highest BCUT2D eigenvalue weighted by Gasteiger charge is 2.30. The number of hydrogen-bond donors (Lipinski definition) is 1. The van der Waals surface area contributed by atoms with Crippen LogP contribution in [0.2, 0.25) is 0 Å². The number of carbonyl (C=O) groups excluding carboxylic acids is 1. The van der Waals surface area contributed by atoms with Gasteiger partial charge in [0.05, 0.1) is 5.52 Å². The predicted molar refractivity (Wildman–Crippen MR) is 103 cm³/mol. The summed E-state index contributed by atoms with van der Waals surface area (Å²) in [5.74, 6) is -0.120. The Morgan fingerprint density at radius 2 is 1.79 bits per heavy atom. The highest BCUT2D eigenvalue weighted by atomic mass is 127. The lowest BCUT2D eigenvalue weighted by molar-refractivity contribution is 0.0843. The van der Waals surface area contributed by atoms with Gasteiger partial charge in [0, 0.05) is 14.5 Å². The number of carbonyl (C=O) groups is 1. The molecule has 6 heteroatoms. The first-order valence-electron chi connectivity index (χ1n) is 7.72. The third kappa shape index (κ3) is 3.43. The summed E-state index contributed by atoms with van der Waals surface area (Å²) in [7, 11) is 0. The van der Waals surface area contributed by atoms with E-state index in [1.165, 1.54) is 0 Å². The number of rotatable bonds is 3. The summed E-state index contributed by atoms with van der Waals surface area (Å²) < 4.78 is 2.89. The minimum absolute atomic E-state index is 0.120. The molecular formula is C18H19IN4O. The standard InChI is InChI=1S/C18H19IN4O/c1-18(2,3)17(20-16(24)12-8-10-13(19)11-9-12)23-15-7-5-4-6-14(15)21-22-23/h4-11,17H,1-3H3,(H,20,24). The van der Waals surface area contributed by atoms with E-state index in [0.29, 0.717) is 5.56 Å². The van der Waals surface area contributed by atoms with Crippen molar-refractivity contribution < 1.29 is 4.79 Å². The fourth-order valence-electron chi connectivity index (χ4n) is 2.53. The third-order valence-corrected chi connectivity index (χ3v) is 4.54. The minimum Gasteiger partial charge on any atom is -0.330 e. The van der Waals surface area contributed by atoms with Gasteiger partial charge < -0.3 is 5.32 Å². The van der Waals surface area contributed by atoms with Crippen molar-refractivity contribution in [1.29, 1.82) is 0 Å². The Bertz CT molecular complexity index is 865. The Kier molecular flexibility index (Phi) is 4.58. The van der Waals surface area contributed by atoms with Crippen LogP contribution in [-0.2, 0) is 0 Å². The van der Waals surface area contributed by atoms with Crippen LogP contribution in [0.3, 0.4) is 0 Å². The van der Waals surface area contributed by atoms with E-state index < -0.39 is 0 Å². The molecule has 3 rings (SSSR count). The summed E-state index contributed by atoms with van der Waals surface area (Å²) in [4.78, 5) is 12.7. The molecule has 24 heavy (non-hydrogen) atoms. The lowest BCUT2D eigenvalue weighted by Gasteiger charge is -2.31. The van der Waals surface area contributed by atoms with Crippen molar-refractivity contribution in [3.8, 4) is 0 Å². The summed E-state index contributed by atoms with van der Waals surface area (Å²) in [6, 6.07) is 15.3. The van der Waals surface area contributed by atoms with Crippen LogP contribution >= 0.6 is 22.6 Å². The van der Waals surface area contributed by atoms with Crippen LogP contribution in [0, 0.1) is 8.99 Å². The fraction of sp³-hybridized carbons (Fsp3) is 0.278. The molecule has 1 N–H and O–H groups in total. The molecule has 0 bridgehead atoms. The van der Waals surface area contributed by atoms with E-state index in [-0.39, 0.29) is 17.5 Å². The van der Waals surface area contributed by atoms with Crippen molar-refractivity contribution in [1.82, 2.24) is 20.3 Å². The SMILES string of the molecule is CC(C)(C)C(NC(=O)c1ccc(I)cc1)n1nnc2ccccc21. The zero-order chi connectivity index (χ0) is 17.3. The third-order valence-electron chi connectivity index (χ3n) is 3.82. The molecule has 3 aromatic rings. The smallest absolute Gasteiger partial charge is 0.252 e. The first-order chi connectivity index (χ1) is 11.4. The van der Waals surface area contributed by atoms with E-state index in [1.807, 2.05) is 48.5 Å². The maximum atomic E-state index is 12.7. The van der Waals surface area contributed by atoms with Gasteiger partial charge in [-0.1, -0.05) is 38.1 Å². The molecule has 1 atom stereocenters. The first-order valence-corrected chi connectivity index (χ1v) is 8.80. The molecule has 1 amide bonds. The number of nitrogens with one attached hydrogen (secondary N) is 1. The van der Waals surface area contributed by atoms with Gasteiger partial charge in [0.25, 0.3) is 5.91 Å². The second-order valence-corrected chi connectivity index (χ2v) is 8.02. The van der Waals surface area contributed by atoms with Crippen LogP contribution in [-0.4, -0.2) is 20.9 Å². The van der Waals surface area contributed by atoms with Crippen molar-refractivity contribution in [2.24, 2.45) is 5.41 Å². The lowest BCUT2D eigenvalue weighted by atomic mass is 9.92. The zero-order valence-electron chi connectivity index (χ0n) is 13.8. The normalized spacial score (nSPS) is 13.0. The molecule has 0 radical (unpaired) electrons. The van der Waals surface area contributed by atoms with Gasteiger partial charge in [0.1, 0.15) is 11.7 Å². The molecule has 0 saturated heterocycles. The lowest BCUT2D eigenvalue weighted by Crippen LogP contribution is -2.41. The molecule has 0 aliphatic heterocycles. The van der Waals surface area contributed by atoms with Crippen molar-refractivity contribution in [3.63, 3.8) is 0 Å². The zero-order valence-corrected chi connectivity index (χ0v) is 16.0. The predicted octanol–water partition coefficient (Wildman–Crippen LogP) is 4.01. The quantitative estimate of drug-likeness (QED) is 0.634. The molecule has 1 heterocycles. The number of benzene rings is 2. The van der Waals surface area contributed by atoms with Crippen LogP contribution in [0.15, 0.2) is 48.5 Å². The molecule has 0 fully saturated rings. The van der Waals surface area contributed by atoms with Gasteiger partial charge in [-0.3, -0.25) is 4.79 Å². The fourth-order valence-corrected chi connectivity index (χ4v) is 2.89. The molecule has 0 spiro atoms. The summed E-state index contributed by atoms with van der Waals surface area (Å²) in [6.45, 7) is 6.22.